The molecule has 0 bridgehead atoms. The molecule has 1 fully saturated rings. The van der Waals surface area contributed by atoms with Crippen LogP contribution >= 0.6 is 0 Å². The molecule has 0 spiro atoms. The molecule has 1 amide bonds. The Morgan fingerprint density at radius 3 is 2.33 bits per heavy atom. The van der Waals surface area contributed by atoms with Crippen LogP contribution in [0.1, 0.15) is 40.5 Å². The molecule has 1 aliphatic rings. The summed E-state index contributed by atoms with van der Waals surface area (Å²) >= 11 is 0. The fourth-order valence-corrected chi connectivity index (χ4v) is 1.99. The van der Waals surface area contributed by atoms with Crippen LogP contribution in [0.2, 0.25) is 0 Å². The second-order valence-corrected chi connectivity index (χ2v) is 6.22. The summed E-state index contributed by atoms with van der Waals surface area (Å²) in [6.07, 6.45) is 7.71. The molecular formula is C15H25NO2. The van der Waals surface area contributed by atoms with Crippen LogP contribution in [0, 0.1) is 5.41 Å². The van der Waals surface area contributed by atoms with E-state index in [4.69, 9.17) is 4.74 Å². The first-order valence-corrected chi connectivity index (χ1v) is 6.54. The van der Waals surface area contributed by atoms with E-state index in [1.165, 1.54) is 0 Å². The van der Waals surface area contributed by atoms with Crippen molar-refractivity contribution in [2.45, 2.75) is 46.1 Å². The Labute approximate surface area is 110 Å². The maximum absolute atomic E-state index is 11.9. The van der Waals surface area contributed by atoms with Crippen LogP contribution in [0.4, 0.5) is 4.79 Å². The van der Waals surface area contributed by atoms with Crippen molar-refractivity contribution in [2.24, 2.45) is 5.41 Å². The summed E-state index contributed by atoms with van der Waals surface area (Å²) < 4.78 is 5.38. The number of allylic oxidation sites excluding steroid dienone is 3. The Hall–Kier alpha value is -1.25. The lowest BCUT2D eigenvalue weighted by Crippen LogP contribution is -2.43. The van der Waals surface area contributed by atoms with E-state index >= 15 is 0 Å². The van der Waals surface area contributed by atoms with Gasteiger partial charge in [0.2, 0.25) is 0 Å². The number of amides is 1. The van der Waals surface area contributed by atoms with Gasteiger partial charge < -0.3 is 9.64 Å². The van der Waals surface area contributed by atoms with Crippen LogP contribution in [0.25, 0.3) is 0 Å². The number of hydrogen-bond donors (Lipinski definition) is 0. The van der Waals surface area contributed by atoms with Gasteiger partial charge in [-0.2, -0.15) is 0 Å². The summed E-state index contributed by atoms with van der Waals surface area (Å²) in [5.74, 6) is 0. The number of ether oxygens (including phenoxy) is 1. The zero-order valence-electron chi connectivity index (χ0n) is 12.0. The van der Waals surface area contributed by atoms with Crippen molar-refractivity contribution < 1.29 is 9.53 Å². The van der Waals surface area contributed by atoms with Crippen LogP contribution in [0.15, 0.2) is 24.8 Å². The lowest BCUT2D eigenvalue weighted by atomic mass is 9.80. The molecule has 0 N–H and O–H groups in total. The van der Waals surface area contributed by atoms with Gasteiger partial charge in [-0.1, -0.05) is 31.7 Å². The summed E-state index contributed by atoms with van der Waals surface area (Å²) in [5, 5.41) is 0. The Kier molecular flexibility index (Phi) is 4.60. The van der Waals surface area contributed by atoms with Gasteiger partial charge in [-0.15, -0.1) is 0 Å². The van der Waals surface area contributed by atoms with Crippen molar-refractivity contribution in [1.82, 2.24) is 4.90 Å². The highest BCUT2D eigenvalue weighted by atomic mass is 16.6. The van der Waals surface area contributed by atoms with Crippen LogP contribution in [0.5, 0.6) is 0 Å². The van der Waals surface area contributed by atoms with E-state index in [2.05, 4.69) is 19.6 Å². The number of likely N-dealkylation sites (tertiary alicyclic amines) is 1. The summed E-state index contributed by atoms with van der Waals surface area (Å²) in [6, 6.07) is 0. The Morgan fingerprint density at radius 2 is 1.89 bits per heavy atom. The van der Waals surface area contributed by atoms with E-state index in [1.54, 1.807) is 11.0 Å². The fraction of sp³-hybridized carbons (Fsp3) is 0.667. The van der Waals surface area contributed by atoms with Gasteiger partial charge in [0.1, 0.15) is 5.60 Å². The first-order valence-electron chi connectivity index (χ1n) is 6.54. The number of hydrogen-bond acceptors (Lipinski definition) is 2. The molecule has 102 valence electrons. The van der Waals surface area contributed by atoms with Gasteiger partial charge in [0, 0.05) is 13.1 Å². The van der Waals surface area contributed by atoms with Crippen molar-refractivity contribution in [1.29, 1.82) is 0 Å². The summed E-state index contributed by atoms with van der Waals surface area (Å²) in [7, 11) is 0. The van der Waals surface area contributed by atoms with Crippen LogP contribution in [0.3, 0.4) is 0 Å². The highest BCUT2D eigenvalue weighted by Crippen LogP contribution is 2.32. The monoisotopic (exact) mass is 251 g/mol. The molecule has 0 aromatic heterocycles. The average Bonchev–Trinajstić information content (AvgIpc) is 2.25. The largest absolute Gasteiger partial charge is 0.444 e. The topological polar surface area (TPSA) is 29.5 Å². The number of piperidine rings is 1. The Morgan fingerprint density at radius 1 is 1.33 bits per heavy atom. The second-order valence-electron chi connectivity index (χ2n) is 6.22. The summed E-state index contributed by atoms with van der Waals surface area (Å²) in [5.41, 5.74) is -0.243. The minimum Gasteiger partial charge on any atom is -0.444 e. The van der Waals surface area contributed by atoms with Crippen molar-refractivity contribution in [3.05, 3.63) is 24.8 Å². The van der Waals surface area contributed by atoms with E-state index in [1.807, 2.05) is 26.8 Å². The molecule has 3 nitrogen and oxygen atoms in total. The number of rotatable bonds is 2. The molecule has 0 saturated carbocycles. The maximum atomic E-state index is 11.9. The minimum absolute atomic E-state index is 0.173. The molecule has 3 heteroatoms. The average molecular weight is 251 g/mol. The van der Waals surface area contributed by atoms with Gasteiger partial charge in [-0.05, 0) is 39.0 Å². The molecule has 18 heavy (non-hydrogen) atoms. The van der Waals surface area contributed by atoms with Crippen LogP contribution in [-0.4, -0.2) is 29.7 Å². The second kappa shape index (κ2) is 5.59. The third kappa shape index (κ3) is 4.55. The highest BCUT2D eigenvalue weighted by Gasteiger charge is 2.31. The zero-order valence-corrected chi connectivity index (χ0v) is 12.0. The predicted octanol–water partition coefficient (Wildman–Crippen LogP) is 3.77. The normalized spacial score (nSPS) is 19.9. The molecule has 1 aliphatic heterocycles. The molecular weight excluding hydrogens is 226 g/mol. The van der Waals surface area contributed by atoms with Crippen molar-refractivity contribution in [3.63, 3.8) is 0 Å². The molecule has 1 rings (SSSR count). The lowest BCUT2D eigenvalue weighted by Gasteiger charge is -2.38. The van der Waals surface area contributed by atoms with E-state index in [9.17, 15) is 4.79 Å². The van der Waals surface area contributed by atoms with Gasteiger partial charge in [-0.25, -0.2) is 4.79 Å². The van der Waals surface area contributed by atoms with Gasteiger partial charge in [0.05, 0.1) is 0 Å². The zero-order chi connectivity index (χ0) is 13.8. The third-order valence-corrected chi connectivity index (χ3v) is 3.19. The van der Waals surface area contributed by atoms with Gasteiger partial charge in [-0.3, -0.25) is 0 Å². The molecule has 0 radical (unpaired) electrons. The van der Waals surface area contributed by atoms with Crippen molar-refractivity contribution in [3.8, 4) is 0 Å². The molecule has 0 atom stereocenters. The highest BCUT2D eigenvalue weighted by molar-refractivity contribution is 5.68. The summed E-state index contributed by atoms with van der Waals surface area (Å²) in [4.78, 5) is 13.7. The standard InChI is InChI=1S/C15H25NO2/c1-6-7-8-15(5)9-11-16(12-10-15)13(17)18-14(2,3)4/h6-8H,1,9-12H2,2-5H3/b8-7+. The van der Waals surface area contributed by atoms with E-state index in [-0.39, 0.29) is 11.5 Å². The van der Waals surface area contributed by atoms with Crippen LogP contribution < -0.4 is 0 Å². The van der Waals surface area contributed by atoms with E-state index in [0.29, 0.717) is 0 Å². The fourth-order valence-electron chi connectivity index (χ4n) is 1.99. The minimum atomic E-state index is -0.416. The molecule has 0 aliphatic carbocycles. The SMILES string of the molecule is C=C/C=C/C1(C)CCN(C(=O)OC(C)(C)C)CC1. The maximum Gasteiger partial charge on any atom is 0.410 e. The molecule has 0 aromatic carbocycles. The smallest absolute Gasteiger partial charge is 0.410 e. The van der Waals surface area contributed by atoms with Gasteiger partial charge >= 0.3 is 6.09 Å². The molecule has 1 saturated heterocycles. The first kappa shape index (κ1) is 14.8. The molecule has 0 aromatic rings. The van der Waals surface area contributed by atoms with Crippen molar-refractivity contribution in [2.75, 3.05) is 13.1 Å². The number of nitrogens with zero attached hydrogens (tertiary/aromatic N) is 1. The van der Waals surface area contributed by atoms with E-state index in [0.717, 1.165) is 25.9 Å². The number of carbonyl (C=O) groups is 1. The Balaban J connectivity index is 2.51. The predicted molar refractivity (Wildman–Crippen MR) is 74.5 cm³/mol. The number of carbonyl (C=O) groups excluding carboxylic acids is 1. The first-order chi connectivity index (χ1) is 8.26. The Bertz CT molecular complexity index is 331. The van der Waals surface area contributed by atoms with Crippen LogP contribution in [-0.2, 0) is 4.74 Å². The summed E-state index contributed by atoms with van der Waals surface area (Å²) in [6.45, 7) is 13.1. The third-order valence-electron chi connectivity index (χ3n) is 3.19. The van der Waals surface area contributed by atoms with E-state index < -0.39 is 5.60 Å². The molecule has 1 heterocycles. The lowest BCUT2D eigenvalue weighted by molar-refractivity contribution is 0.0155. The quantitative estimate of drug-likeness (QED) is 0.699. The molecule has 0 unspecified atom stereocenters. The van der Waals surface area contributed by atoms with Gasteiger partial charge in [0.15, 0.2) is 0 Å². The van der Waals surface area contributed by atoms with Gasteiger partial charge in [0.25, 0.3) is 0 Å². The van der Waals surface area contributed by atoms with Crippen molar-refractivity contribution >= 4 is 6.09 Å².